The lowest BCUT2D eigenvalue weighted by Gasteiger charge is -2.32. The summed E-state index contributed by atoms with van der Waals surface area (Å²) >= 11 is 3.36. The van der Waals surface area contributed by atoms with E-state index in [1.807, 2.05) is 13.8 Å². The van der Waals surface area contributed by atoms with Gasteiger partial charge in [-0.05, 0) is 58.6 Å². The molecular formula is C24H32BrN3O5S. The lowest BCUT2D eigenvalue weighted by Crippen LogP contribution is -2.51. The number of benzene rings is 2. The lowest BCUT2D eigenvalue weighted by molar-refractivity contribution is -0.139. The van der Waals surface area contributed by atoms with Crippen LogP contribution >= 0.6 is 15.9 Å². The summed E-state index contributed by atoms with van der Waals surface area (Å²) in [5.41, 5.74) is 1.13. The molecule has 0 unspecified atom stereocenters. The Kier molecular flexibility index (Phi) is 9.93. The molecule has 0 aliphatic rings. The summed E-state index contributed by atoms with van der Waals surface area (Å²) in [4.78, 5) is 27.7. The van der Waals surface area contributed by atoms with E-state index in [0.29, 0.717) is 22.5 Å². The molecule has 34 heavy (non-hydrogen) atoms. The van der Waals surface area contributed by atoms with E-state index in [1.165, 1.54) is 4.90 Å². The molecule has 0 aliphatic heterocycles. The Morgan fingerprint density at radius 3 is 2.21 bits per heavy atom. The minimum Gasteiger partial charge on any atom is -0.497 e. The van der Waals surface area contributed by atoms with Crippen molar-refractivity contribution < 1.29 is 22.7 Å². The quantitative estimate of drug-likeness (QED) is 0.460. The minimum absolute atomic E-state index is 0.132. The van der Waals surface area contributed by atoms with Gasteiger partial charge in [0.05, 0.1) is 19.1 Å². The van der Waals surface area contributed by atoms with E-state index in [4.69, 9.17) is 4.74 Å². The second kappa shape index (κ2) is 12.2. The second-order valence-corrected chi connectivity index (χ2v) is 11.2. The van der Waals surface area contributed by atoms with Gasteiger partial charge in [0.15, 0.2) is 0 Å². The summed E-state index contributed by atoms with van der Waals surface area (Å²) in [6.45, 7) is 5.76. The molecule has 8 nitrogen and oxygen atoms in total. The number of rotatable bonds is 11. The highest BCUT2D eigenvalue weighted by Gasteiger charge is 2.30. The Hall–Kier alpha value is -2.59. The summed E-state index contributed by atoms with van der Waals surface area (Å²) in [5, 5.41) is 2.85. The minimum atomic E-state index is -3.78. The van der Waals surface area contributed by atoms with Crippen LogP contribution in [0.2, 0.25) is 0 Å². The molecule has 2 aromatic rings. The number of nitrogens with zero attached hydrogens (tertiary/aromatic N) is 2. The number of methoxy groups -OCH3 is 1. The normalized spacial score (nSPS) is 12.2. The van der Waals surface area contributed by atoms with Gasteiger partial charge in [-0.2, -0.15) is 0 Å². The van der Waals surface area contributed by atoms with Gasteiger partial charge in [0.25, 0.3) is 0 Å². The summed E-state index contributed by atoms with van der Waals surface area (Å²) in [6.07, 6.45) is 1.05. The molecule has 0 saturated heterocycles. The maximum Gasteiger partial charge on any atom is 0.244 e. The van der Waals surface area contributed by atoms with E-state index >= 15 is 0 Å². The van der Waals surface area contributed by atoms with Crippen LogP contribution in [0.4, 0.5) is 5.69 Å². The van der Waals surface area contributed by atoms with E-state index < -0.39 is 28.5 Å². The number of carbonyl (C=O) groups excluding carboxylic acids is 2. The molecule has 0 fully saturated rings. The molecule has 186 valence electrons. The van der Waals surface area contributed by atoms with Crippen LogP contribution in [0.15, 0.2) is 53.0 Å². The van der Waals surface area contributed by atoms with Crippen molar-refractivity contribution in [1.29, 1.82) is 0 Å². The van der Waals surface area contributed by atoms with E-state index in [2.05, 4.69) is 21.2 Å². The molecule has 1 atom stereocenters. The molecule has 2 amide bonds. The SMILES string of the molecule is COc1ccc(CN(C(=O)CN(c2ccccc2Br)S(C)(=O)=O)[C@@H](C)C(=O)NCC(C)C)cc1. The number of ether oxygens (including phenoxy) is 1. The number of carbonyl (C=O) groups is 2. The predicted molar refractivity (Wildman–Crippen MR) is 137 cm³/mol. The molecule has 2 aromatic carbocycles. The Morgan fingerprint density at radius 1 is 1.06 bits per heavy atom. The number of anilines is 1. The zero-order chi connectivity index (χ0) is 25.5. The van der Waals surface area contributed by atoms with E-state index in [0.717, 1.165) is 16.1 Å². The molecule has 0 aromatic heterocycles. The fraction of sp³-hybridized carbons (Fsp3) is 0.417. The van der Waals surface area contributed by atoms with Gasteiger partial charge < -0.3 is 15.0 Å². The van der Waals surface area contributed by atoms with Crippen LogP contribution < -0.4 is 14.4 Å². The third-order valence-electron chi connectivity index (χ3n) is 5.16. The van der Waals surface area contributed by atoms with Crippen LogP contribution in [0, 0.1) is 5.92 Å². The summed E-state index contributed by atoms with van der Waals surface area (Å²) in [5.74, 6) is 0.117. The number of nitrogens with one attached hydrogen (secondary N) is 1. The topological polar surface area (TPSA) is 96.0 Å². The summed E-state index contributed by atoms with van der Waals surface area (Å²) in [6, 6.07) is 13.1. The first-order valence-electron chi connectivity index (χ1n) is 10.9. The van der Waals surface area contributed by atoms with Crippen molar-refractivity contribution in [3.05, 3.63) is 58.6 Å². The first-order valence-corrected chi connectivity index (χ1v) is 13.5. The Balaban J connectivity index is 2.37. The highest BCUT2D eigenvalue weighted by atomic mass is 79.9. The van der Waals surface area contributed by atoms with Gasteiger partial charge in [0, 0.05) is 17.6 Å². The third kappa shape index (κ3) is 7.73. The van der Waals surface area contributed by atoms with Crippen LogP contribution in [0.5, 0.6) is 5.75 Å². The highest BCUT2D eigenvalue weighted by Crippen LogP contribution is 2.28. The number of halogens is 1. The van der Waals surface area contributed by atoms with Crippen molar-refractivity contribution in [1.82, 2.24) is 10.2 Å². The van der Waals surface area contributed by atoms with Gasteiger partial charge in [-0.15, -0.1) is 0 Å². The number of amides is 2. The average molecular weight is 555 g/mol. The first kappa shape index (κ1) is 27.7. The van der Waals surface area contributed by atoms with Crippen LogP contribution in [-0.4, -0.2) is 57.6 Å². The van der Waals surface area contributed by atoms with Crippen molar-refractivity contribution >= 4 is 43.5 Å². The Labute approximate surface area is 210 Å². The zero-order valence-electron chi connectivity index (χ0n) is 20.1. The monoisotopic (exact) mass is 553 g/mol. The van der Waals surface area contributed by atoms with Crippen molar-refractivity contribution in [3.63, 3.8) is 0 Å². The van der Waals surface area contributed by atoms with Gasteiger partial charge in [-0.25, -0.2) is 8.42 Å². The molecule has 10 heteroatoms. The first-order chi connectivity index (χ1) is 15.9. The van der Waals surface area contributed by atoms with Crippen molar-refractivity contribution in [2.75, 3.05) is 30.8 Å². The maximum absolute atomic E-state index is 13.5. The second-order valence-electron chi connectivity index (χ2n) is 8.41. The molecule has 0 spiro atoms. The fourth-order valence-corrected chi connectivity index (χ4v) is 4.69. The van der Waals surface area contributed by atoms with Crippen LogP contribution in [0.1, 0.15) is 26.3 Å². The van der Waals surface area contributed by atoms with Gasteiger partial charge in [0.2, 0.25) is 21.8 Å². The standard InChI is InChI=1S/C24H32BrN3O5S/c1-17(2)14-26-24(30)18(3)27(15-19-10-12-20(33-4)13-11-19)23(29)16-28(34(5,31)32)22-9-7-6-8-21(22)25/h6-13,17-18H,14-16H2,1-5H3,(H,26,30)/t18-/m0/s1. The number of para-hydroxylation sites is 1. The van der Waals surface area contributed by atoms with E-state index in [1.54, 1.807) is 62.6 Å². The molecular weight excluding hydrogens is 522 g/mol. The van der Waals surface area contributed by atoms with Gasteiger partial charge >= 0.3 is 0 Å². The molecule has 0 bridgehead atoms. The van der Waals surface area contributed by atoms with Crippen molar-refractivity contribution in [2.45, 2.75) is 33.4 Å². The fourth-order valence-electron chi connectivity index (χ4n) is 3.21. The maximum atomic E-state index is 13.5. The third-order valence-corrected chi connectivity index (χ3v) is 6.96. The molecule has 1 N–H and O–H groups in total. The van der Waals surface area contributed by atoms with Crippen molar-refractivity contribution in [3.8, 4) is 5.75 Å². The number of hydrogen-bond acceptors (Lipinski definition) is 5. The van der Waals surface area contributed by atoms with Crippen molar-refractivity contribution in [2.24, 2.45) is 5.92 Å². The molecule has 0 heterocycles. The summed E-state index contributed by atoms with van der Waals surface area (Å²) < 4.78 is 32.0. The summed E-state index contributed by atoms with van der Waals surface area (Å²) in [7, 11) is -2.22. The Morgan fingerprint density at radius 2 is 1.68 bits per heavy atom. The lowest BCUT2D eigenvalue weighted by atomic mass is 10.1. The largest absolute Gasteiger partial charge is 0.497 e. The molecule has 0 aliphatic carbocycles. The molecule has 2 rings (SSSR count). The highest BCUT2D eigenvalue weighted by molar-refractivity contribution is 9.10. The Bertz CT molecular complexity index is 1090. The van der Waals surface area contributed by atoms with Gasteiger partial charge in [-0.3, -0.25) is 13.9 Å². The van der Waals surface area contributed by atoms with Crippen LogP contribution in [0.25, 0.3) is 0 Å². The number of sulfonamides is 1. The van der Waals surface area contributed by atoms with Crippen LogP contribution in [-0.2, 0) is 26.2 Å². The van der Waals surface area contributed by atoms with Gasteiger partial charge in [0.1, 0.15) is 18.3 Å². The zero-order valence-corrected chi connectivity index (χ0v) is 22.5. The smallest absolute Gasteiger partial charge is 0.244 e. The van der Waals surface area contributed by atoms with E-state index in [9.17, 15) is 18.0 Å². The van der Waals surface area contributed by atoms with Gasteiger partial charge in [-0.1, -0.05) is 38.1 Å². The molecule has 0 saturated carbocycles. The van der Waals surface area contributed by atoms with E-state index in [-0.39, 0.29) is 18.4 Å². The van der Waals surface area contributed by atoms with Crippen LogP contribution in [0.3, 0.4) is 0 Å². The molecule has 0 radical (unpaired) electrons. The average Bonchev–Trinajstić information content (AvgIpc) is 2.79. The predicted octanol–water partition coefficient (Wildman–Crippen LogP) is 3.41. The number of hydrogen-bond donors (Lipinski definition) is 1.